The Kier molecular flexibility index (Phi) is 7.09. The zero-order valence-corrected chi connectivity index (χ0v) is 18.5. The Balaban J connectivity index is 2.02. The van der Waals surface area contributed by atoms with Crippen LogP contribution >= 0.6 is 0 Å². The molecule has 0 aliphatic rings. The van der Waals surface area contributed by atoms with Crippen molar-refractivity contribution in [1.82, 2.24) is 0 Å². The maximum absolute atomic E-state index is 12.9. The summed E-state index contributed by atoms with van der Waals surface area (Å²) in [5, 5.41) is 13.9. The van der Waals surface area contributed by atoms with Crippen molar-refractivity contribution >= 4 is 39.6 Å². The highest BCUT2D eigenvalue weighted by Crippen LogP contribution is 2.29. The number of ether oxygens (including phenoxy) is 1. The van der Waals surface area contributed by atoms with Gasteiger partial charge in [-0.25, -0.2) is 0 Å². The van der Waals surface area contributed by atoms with Crippen LogP contribution in [0.5, 0.6) is 11.5 Å². The molecule has 0 spiro atoms. The number of hydrogen-bond donors (Lipinski definition) is 1. The molecule has 0 bridgehead atoms. The van der Waals surface area contributed by atoms with Crippen LogP contribution in [-0.2, 0) is 14.9 Å². The second kappa shape index (κ2) is 9.96. The molecule has 1 N–H and O–H groups in total. The zero-order valence-electron chi connectivity index (χ0n) is 17.7. The Hall–Kier alpha value is -4.18. The van der Waals surface area contributed by atoms with E-state index in [0.717, 1.165) is 6.07 Å². The first-order valence-electron chi connectivity index (χ1n) is 9.61. The van der Waals surface area contributed by atoms with Gasteiger partial charge >= 0.3 is 10.1 Å². The van der Waals surface area contributed by atoms with Gasteiger partial charge in [0.2, 0.25) is 5.91 Å². The maximum Gasteiger partial charge on any atom is 0.340 e. The molecule has 0 fully saturated rings. The SMILES string of the molecule is COc1cc(NC(C)=O)ccc1C=Cc1ccc([N+](=O)[O-])cc1S(=O)(=O)Oc1ccccc1. The minimum absolute atomic E-state index is 0.0779. The topological polar surface area (TPSA) is 125 Å². The molecule has 0 saturated carbocycles. The Morgan fingerprint density at radius 1 is 1.00 bits per heavy atom. The normalized spacial score (nSPS) is 11.2. The van der Waals surface area contributed by atoms with E-state index in [2.05, 4.69) is 5.32 Å². The van der Waals surface area contributed by atoms with Crippen LogP contribution in [-0.4, -0.2) is 26.4 Å². The van der Waals surface area contributed by atoms with Crippen molar-refractivity contribution in [2.24, 2.45) is 0 Å². The average molecular weight is 468 g/mol. The largest absolute Gasteiger partial charge is 0.496 e. The molecule has 170 valence electrons. The number of nitro benzene ring substituents is 1. The van der Waals surface area contributed by atoms with Crippen LogP contribution in [0.15, 0.2) is 71.6 Å². The Morgan fingerprint density at radius 3 is 2.30 bits per heavy atom. The number of rotatable bonds is 8. The van der Waals surface area contributed by atoms with Gasteiger partial charge in [-0.05, 0) is 35.9 Å². The highest BCUT2D eigenvalue weighted by Gasteiger charge is 2.23. The second-order valence-corrected chi connectivity index (χ2v) is 8.32. The summed E-state index contributed by atoms with van der Waals surface area (Å²) in [5.74, 6) is 0.276. The van der Waals surface area contributed by atoms with Gasteiger partial charge in [0.15, 0.2) is 0 Å². The lowest BCUT2D eigenvalue weighted by Gasteiger charge is -2.10. The van der Waals surface area contributed by atoms with Gasteiger partial charge in [-0.3, -0.25) is 14.9 Å². The second-order valence-electron chi connectivity index (χ2n) is 6.80. The van der Waals surface area contributed by atoms with Crippen molar-refractivity contribution in [3.05, 3.63) is 88.0 Å². The third kappa shape index (κ3) is 5.95. The van der Waals surface area contributed by atoms with E-state index in [0.29, 0.717) is 17.0 Å². The standard InChI is InChI=1S/C23H20N2O7S/c1-16(26)24-19-12-10-17(22(14-19)31-2)8-9-18-11-13-20(25(27)28)15-23(18)33(29,30)32-21-6-4-3-5-7-21/h3-15H,1-2H3,(H,24,26). The number of nitrogens with one attached hydrogen (secondary N) is 1. The molecule has 0 aromatic heterocycles. The molecule has 0 atom stereocenters. The van der Waals surface area contributed by atoms with Gasteiger partial charge in [0.25, 0.3) is 5.69 Å². The fourth-order valence-electron chi connectivity index (χ4n) is 2.95. The van der Waals surface area contributed by atoms with Crippen LogP contribution in [0.3, 0.4) is 0 Å². The van der Waals surface area contributed by atoms with Crippen LogP contribution in [0.4, 0.5) is 11.4 Å². The molecule has 0 unspecified atom stereocenters. The van der Waals surface area contributed by atoms with E-state index < -0.39 is 15.0 Å². The van der Waals surface area contributed by atoms with E-state index in [1.54, 1.807) is 42.5 Å². The van der Waals surface area contributed by atoms with Gasteiger partial charge in [-0.2, -0.15) is 8.42 Å². The van der Waals surface area contributed by atoms with Gasteiger partial charge in [-0.15, -0.1) is 0 Å². The lowest BCUT2D eigenvalue weighted by molar-refractivity contribution is -0.385. The molecule has 0 aliphatic heterocycles. The first-order chi connectivity index (χ1) is 15.7. The summed E-state index contributed by atoms with van der Waals surface area (Å²) in [6.45, 7) is 1.38. The molecule has 3 aromatic rings. The highest BCUT2D eigenvalue weighted by atomic mass is 32.2. The molecular weight excluding hydrogens is 448 g/mol. The number of carbonyl (C=O) groups excluding carboxylic acids is 1. The van der Waals surface area contributed by atoms with Gasteiger partial charge in [0, 0.05) is 36.4 Å². The first-order valence-corrected chi connectivity index (χ1v) is 11.0. The van der Waals surface area contributed by atoms with Crippen molar-refractivity contribution in [2.45, 2.75) is 11.8 Å². The van der Waals surface area contributed by atoms with Crippen molar-refractivity contribution in [2.75, 3.05) is 12.4 Å². The molecule has 0 aliphatic carbocycles. The molecule has 0 radical (unpaired) electrons. The minimum Gasteiger partial charge on any atom is -0.496 e. The number of para-hydroxylation sites is 1. The lowest BCUT2D eigenvalue weighted by atomic mass is 10.1. The molecule has 1 amide bonds. The molecule has 0 saturated heterocycles. The zero-order chi connectivity index (χ0) is 24.0. The van der Waals surface area contributed by atoms with Gasteiger partial charge in [0.05, 0.1) is 12.0 Å². The predicted octanol–water partition coefficient (Wildman–Crippen LogP) is 4.50. The van der Waals surface area contributed by atoms with Crippen LogP contribution in [0, 0.1) is 10.1 Å². The summed E-state index contributed by atoms with van der Waals surface area (Å²) in [5.41, 5.74) is 0.924. The van der Waals surface area contributed by atoms with Crippen molar-refractivity contribution in [3.63, 3.8) is 0 Å². The number of methoxy groups -OCH3 is 1. The third-order valence-electron chi connectivity index (χ3n) is 4.42. The quantitative estimate of drug-likeness (QED) is 0.223. The van der Waals surface area contributed by atoms with Crippen LogP contribution in [0.1, 0.15) is 18.1 Å². The maximum atomic E-state index is 12.9. The van der Waals surface area contributed by atoms with Crippen molar-refractivity contribution < 1.29 is 27.1 Å². The number of nitrogens with zero attached hydrogens (tertiary/aromatic N) is 1. The summed E-state index contributed by atoms with van der Waals surface area (Å²) in [7, 11) is -2.92. The Morgan fingerprint density at radius 2 is 1.67 bits per heavy atom. The number of hydrogen-bond acceptors (Lipinski definition) is 7. The third-order valence-corrected chi connectivity index (χ3v) is 5.73. The van der Waals surface area contributed by atoms with Crippen LogP contribution < -0.4 is 14.2 Å². The highest BCUT2D eigenvalue weighted by molar-refractivity contribution is 7.87. The van der Waals surface area contributed by atoms with E-state index in [9.17, 15) is 23.3 Å². The number of benzene rings is 3. The van der Waals surface area contributed by atoms with Crippen molar-refractivity contribution in [1.29, 1.82) is 0 Å². The number of carbonyl (C=O) groups is 1. The number of anilines is 1. The molecule has 9 nitrogen and oxygen atoms in total. The monoisotopic (exact) mass is 468 g/mol. The van der Waals surface area contributed by atoms with Crippen LogP contribution in [0.25, 0.3) is 12.2 Å². The van der Waals surface area contributed by atoms with Gasteiger partial charge < -0.3 is 14.2 Å². The van der Waals surface area contributed by atoms with Crippen LogP contribution in [0.2, 0.25) is 0 Å². The van der Waals surface area contributed by atoms with E-state index in [1.807, 2.05) is 0 Å². The molecule has 3 rings (SSSR count). The minimum atomic E-state index is -4.37. The van der Waals surface area contributed by atoms with Gasteiger partial charge in [0.1, 0.15) is 16.4 Å². The number of non-ortho nitro benzene ring substituents is 1. The molecular formula is C23H20N2O7S. The fraction of sp³-hybridized carbons (Fsp3) is 0.0870. The summed E-state index contributed by atoms with van der Waals surface area (Å²) in [6.07, 6.45) is 3.08. The van der Waals surface area contributed by atoms with E-state index in [4.69, 9.17) is 8.92 Å². The molecule has 10 heteroatoms. The van der Waals surface area contributed by atoms with Crippen molar-refractivity contribution in [3.8, 4) is 11.5 Å². The van der Waals surface area contributed by atoms with Gasteiger partial charge in [-0.1, -0.05) is 30.4 Å². The summed E-state index contributed by atoms with van der Waals surface area (Å²) in [6, 6.07) is 16.3. The summed E-state index contributed by atoms with van der Waals surface area (Å²) in [4.78, 5) is 21.5. The smallest absolute Gasteiger partial charge is 0.340 e. The summed E-state index contributed by atoms with van der Waals surface area (Å²) < 4.78 is 36.4. The van der Waals surface area contributed by atoms with E-state index in [-0.39, 0.29) is 27.8 Å². The predicted molar refractivity (Wildman–Crippen MR) is 124 cm³/mol. The van der Waals surface area contributed by atoms with E-state index in [1.165, 1.54) is 44.4 Å². The number of amides is 1. The molecule has 33 heavy (non-hydrogen) atoms. The van der Waals surface area contributed by atoms with E-state index >= 15 is 0 Å². The lowest BCUT2D eigenvalue weighted by Crippen LogP contribution is -2.11. The average Bonchev–Trinajstić information content (AvgIpc) is 2.78. The molecule has 3 aromatic carbocycles. The summed E-state index contributed by atoms with van der Waals surface area (Å²) >= 11 is 0. The Bertz CT molecular complexity index is 1320. The number of nitro groups is 1. The first kappa shape index (κ1) is 23.5. The fourth-order valence-corrected chi connectivity index (χ4v) is 4.09. The molecule has 0 heterocycles. The Labute approximate surface area is 190 Å².